The second kappa shape index (κ2) is 6.53. The summed E-state index contributed by atoms with van der Waals surface area (Å²) < 4.78 is 1.10. The molecule has 8 heteroatoms. The van der Waals surface area contributed by atoms with Crippen LogP contribution in [-0.2, 0) is 16.1 Å². The van der Waals surface area contributed by atoms with Crippen molar-refractivity contribution in [2.45, 2.75) is 19.4 Å². The number of nitrogens with one attached hydrogen (secondary N) is 2. The SMILES string of the molecule is O=C(Cn1ccc(=O)[nH]c1=O)Nc1cccc(N2CCCC2=O)c1. The number of benzene rings is 1. The third-order valence-electron chi connectivity index (χ3n) is 3.73. The van der Waals surface area contributed by atoms with E-state index in [1.54, 1.807) is 23.1 Å². The molecular formula is C16H16N4O4. The van der Waals surface area contributed by atoms with E-state index in [-0.39, 0.29) is 12.5 Å². The Morgan fingerprint density at radius 1 is 1.21 bits per heavy atom. The molecule has 0 radical (unpaired) electrons. The van der Waals surface area contributed by atoms with Gasteiger partial charge in [0.2, 0.25) is 11.8 Å². The first kappa shape index (κ1) is 15.7. The average molecular weight is 328 g/mol. The molecule has 0 saturated carbocycles. The van der Waals surface area contributed by atoms with Gasteiger partial charge in [-0.2, -0.15) is 0 Å². The minimum Gasteiger partial charge on any atom is -0.324 e. The summed E-state index contributed by atoms with van der Waals surface area (Å²) in [6.07, 6.45) is 2.62. The molecule has 0 atom stereocenters. The molecule has 1 aliphatic rings. The standard InChI is InChI=1S/C16H16N4O4/c21-13-6-8-19(16(24)18-13)10-14(22)17-11-3-1-4-12(9-11)20-7-2-5-15(20)23/h1,3-4,6,8-9H,2,5,7,10H2,(H,17,22)(H,18,21,24). The minimum atomic E-state index is -0.644. The summed E-state index contributed by atoms with van der Waals surface area (Å²) in [4.78, 5) is 50.2. The molecule has 0 spiro atoms. The zero-order chi connectivity index (χ0) is 17.1. The Balaban J connectivity index is 1.71. The van der Waals surface area contributed by atoms with E-state index in [4.69, 9.17) is 0 Å². The topological polar surface area (TPSA) is 104 Å². The summed E-state index contributed by atoms with van der Waals surface area (Å²) in [6, 6.07) is 8.16. The number of aromatic nitrogens is 2. The van der Waals surface area contributed by atoms with E-state index in [9.17, 15) is 19.2 Å². The van der Waals surface area contributed by atoms with E-state index in [0.717, 1.165) is 16.7 Å². The lowest BCUT2D eigenvalue weighted by molar-refractivity contribution is -0.117. The van der Waals surface area contributed by atoms with Crippen LogP contribution in [0.5, 0.6) is 0 Å². The Hall–Kier alpha value is -3.16. The maximum absolute atomic E-state index is 12.1. The first-order valence-electron chi connectivity index (χ1n) is 7.53. The van der Waals surface area contributed by atoms with Crippen molar-refractivity contribution in [1.29, 1.82) is 0 Å². The summed E-state index contributed by atoms with van der Waals surface area (Å²) in [5.74, 6) is -0.340. The zero-order valence-electron chi connectivity index (χ0n) is 12.8. The molecule has 1 fully saturated rings. The number of rotatable bonds is 4. The molecule has 1 aromatic heterocycles. The lowest BCUT2D eigenvalue weighted by Gasteiger charge is -2.16. The van der Waals surface area contributed by atoms with Crippen LogP contribution in [0.25, 0.3) is 0 Å². The van der Waals surface area contributed by atoms with Crippen molar-refractivity contribution in [2.24, 2.45) is 0 Å². The number of hydrogen-bond acceptors (Lipinski definition) is 4. The lowest BCUT2D eigenvalue weighted by atomic mass is 10.2. The minimum absolute atomic E-state index is 0.0678. The quantitative estimate of drug-likeness (QED) is 0.842. The highest BCUT2D eigenvalue weighted by molar-refractivity contribution is 5.97. The van der Waals surface area contributed by atoms with Gasteiger partial charge in [0.1, 0.15) is 6.54 Å². The molecule has 124 valence electrons. The predicted octanol–water partition coefficient (Wildman–Crippen LogP) is 0.302. The first-order valence-corrected chi connectivity index (χ1v) is 7.53. The van der Waals surface area contributed by atoms with Crippen LogP contribution < -0.4 is 21.5 Å². The predicted molar refractivity (Wildman–Crippen MR) is 88.0 cm³/mol. The van der Waals surface area contributed by atoms with Gasteiger partial charge in [-0.25, -0.2) is 4.79 Å². The molecule has 1 aliphatic heterocycles. The van der Waals surface area contributed by atoms with E-state index in [0.29, 0.717) is 18.7 Å². The molecule has 1 aromatic carbocycles. The highest BCUT2D eigenvalue weighted by Gasteiger charge is 2.21. The number of anilines is 2. The highest BCUT2D eigenvalue weighted by Crippen LogP contribution is 2.24. The fourth-order valence-electron chi connectivity index (χ4n) is 2.60. The van der Waals surface area contributed by atoms with Crippen molar-refractivity contribution in [1.82, 2.24) is 9.55 Å². The molecule has 2 N–H and O–H groups in total. The average Bonchev–Trinajstić information content (AvgIpc) is 2.96. The van der Waals surface area contributed by atoms with E-state index in [1.165, 1.54) is 12.3 Å². The second-order valence-corrected chi connectivity index (χ2v) is 5.49. The van der Waals surface area contributed by atoms with Crippen molar-refractivity contribution >= 4 is 23.2 Å². The lowest BCUT2D eigenvalue weighted by Crippen LogP contribution is -2.32. The van der Waals surface area contributed by atoms with Gasteiger partial charge in [-0.05, 0) is 24.6 Å². The Labute approximate surface area is 136 Å². The van der Waals surface area contributed by atoms with Crippen LogP contribution in [0.3, 0.4) is 0 Å². The zero-order valence-corrected chi connectivity index (χ0v) is 12.8. The fourth-order valence-corrected chi connectivity index (χ4v) is 2.60. The summed E-state index contributed by atoms with van der Waals surface area (Å²) in [6.45, 7) is 0.450. The third-order valence-corrected chi connectivity index (χ3v) is 3.73. The summed E-state index contributed by atoms with van der Waals surface area (Å²) >= 11 is 0. The van der Waals surface area contributed by atoms with Gasteiger partial charge < -0.3 is 10.2 Å². The summed E-state index contributed by atoms with van der Waals surface area (Å²) in [7, 11) is 0. The van der Waals surface area contributed by atoms with Gasteiger partial charge in [-0.3, -0.25) is 23.9 Å². The number of amides is 2. The Bertz CT molecular complexity index is 899. The molecule has 2 amide bonds. The number of H-pyrrole nitrogens is 1. The molecule has 0 aliphatic carbocycles. The van der Waals surface area contributed by atoms with Crippen molar-refractivity contribution in [3.8, 4) is 0 Å². The fraction of sp³-hybridized carbons (Fsp3) is 0.250. The number of carbonyl (C=O) groups is 2. The highest BCUT2D eigenvalue weighted by atomic mass is 16.2. The number of nitrogens with zero attached hydrogens (tertiary/aromatic N) is 2. The van der Waals surface area contributed by atoms with Crippen molar-refractivity contribution in [2.75, 3.05) is 16.8 Å². The van der Waals surface area contributed by atoms with Crippen LogP contribution in [0.15, 0.2) is 46.1 Å². The Morgan fingerprint density at radius 3 is 2.75 bits per heavy atom. The molecule has 24 heavy (non-hydrogen) atoms. The van der Waals surface area contributed by atoms with Crippen molar-refractivity contribution in [3.63, 3.8) is 0 Å². The smallest absolute Gasteiger partial charge is 0.324 e. The van der Waals surface area contributed by atoms with Gasteiger partial charge >= 0.3 is 5.69 Å². The van der Waals surface area contributed by atoms with Gasteiger partial charge in [0.15, 0.2) is 0 Å². The molecule has 2 heterocycles. The summed E-state index contributed by atoms with van der Waals surface area (Å²) in [5, 5.41) is 2.68. The van der Waals surface area contributed by atoms with E-state index in [1.807, 2.05) is 6.07 Å². The van der Waals surface area contributed by atoms with E-state index in [2.05, 4.69) is 10.3 Å². The maximum Gasteiger partial charge on any atom is 0.328 e. The largest absolute Gasteiger partial charge is 0.328 e. The van der Waals surface area contributed by atoms with Crippen molar-refractivity contribution < 1.29 is 9.59 Å². The number of aromatic amines is 1. The molecule has 0 bridgehead atoms. The normalized spacial score (nSPS) is 14.0. The molecule has 8 nitrogen and oxygen atoms in total. The van der Waals surface area contributed by atoms with Gasteiger partial charge in [0, 0.05) is 36.6 Å². The van der Waals surface area contributed by atoms with Crippen LogP contribution in [-0.4, -0.2) is 27.9 Å². The maximum atomic E-state index is 12.1. The molecule has 2 aromatic rings. The Morgan fingerprint density at radius 2 is 2.04 bits per heavy atom. The molecule has 0 unspecified atom stereocenters. The Kier molecular flexibility index (Phi) is 4.28. The molecule has 3 rings (SSSR count). The molecular weight excluding hydrogens is 312 g/mol. The van der Waals surface area contributed by atoms with Crippen LogP contribution >= 0.6 is 0 Å². The monoisotopic (exact) mass is 328 g/mol. The third kappa shape index (κ3) is 3.43. The van der Waals surface area contributed by atoms with Gasteiger partial charge in [0.05, 0.1) is 0 Å². The van der Waals surface area contributed by atoms with Gasteiger partial charge in [-0.1, -0.05) is 6.07 Å². The second-order valence-electron chi connectivity index (χ2n) is 5.49. The van der Waals surface area contributed by atoms with Gasteiger partial charge in [-0.15, -0.1) is 0 Å². The van der Waals surface area contributed by atoms with Crippen LogP contribution in [0.4, 0.5) is 11.4 Å². The molecule has 1 saturated heterocycles. The van der Waals surface area contributed by atoms with Crippen LogP contribution in [0.1, 0.15) is 12.8 Å². The van der Waals surface area contributed by atoms with E-state index >= 15 is 0 Å². The van der Waals surface area contributed by atoms with Crippen LogP contribution in [0.2, 0.25) is 0 Å². The van der Waals surface area contributed by atoms with Crippen LogP contribution in [0, 0.1) is 0 Å². The van der Waals surface area contributed by atoms with E-state index < -0.39 is 17.2 Å². The van der Waals surface area contributed by atoms with Gasteiger partial charge in [0.25, 0.3) is 5.56 Å². The number of carbonyl (C=O) groups excluding carboxylic acids is 2. The van der Waals surface area contributed by atoms with Crippen molar-refractivity contribution in [3.05, 3.63) is 57.4 Å². The summed E-state index contributed by atoms with van der Waals surface area (Å²) in [5.41, 5.74) is 0.111. The number of hydrogen-bond donors (Lipinski definition) is 2. The first-order chi connectivity index (χ1) is 11.5.